The summed E-state index contributed by atoms with van der Waals surface area (Å²) < 4.78 is 0. The van der Waals surface area contributed by atoms with Gasteiger partial charge in [0.25, 0.3) is 0 Å². The molecule has 0 saturated carbocycles. The van der Waals surface area contributed by atoms with E-state index in [2.05, 4.69) is 29.8 Å². The van der Waals surface area contributed by atoms with Crippen LogP contribution in [-0.4, -0.2) is 22.3 Å². The van der Waals surface area contributed by atoms with Gasteiger partial charge in [0.2, 0.25) is 5.91 Å². The maximum absolute atomic E-state index is 12.6. The van der Waals surface area contributed by atoms with Crippen LogP contribution in [0, 0.1) is 5.92 Å². The average Bonchev–Trinajstić information content (AvgIpc) is 2.49. The Morgan fingerprint density at radius 3 is 2.84 bits per heavy atom. The fourth-order valence-electron chi connectivity index (χ4n) is 2.99. The molecule has 1 aliphatic rings. The highest BCUT2D eigenvalue weighted by Crippen LogP contribution is 2.32. The normalized spacial score (nSPS) is 19.7. The SMILES string of the molecule is CCC(CC)C(=O)N1CCCCC1c1cccnc1. The zero-order valence-electron chi connectivity index (χ0n) is 12.0. The fraction of sp³-hybridized carbons (Fsp3) is 0.625. The molecule has 1 saturated heterocycles. The minimum atomic E-state index is 0.178. The summed E-state index contributed by atoms with van der Waals surface area (Å²) in [5.74, 6) is 0.510. The van der Waals surface area contributed by atoms with Crippen LogP contribution >= 0.6 is 0 Å². The maximum Gasteiger partial charge on any atom is 0.226 e. The molecule has 1 atom stereocenters. The van der Waals surface area contributed by atoms with E-state index in [1.165, 1.54) is 12.0 Å². The van der Waals surface area contributed by atoms with Gasteiger partial charge in [-0.15, -0.1) is 0 Å². The number of hydrogen-bond donors (Lipinski definition) is 0. The standard InChI is InChI=1S/C16H24N2O/c1-3-13(4-2)16(19)18-11-6-5-9-15(18)14-8-7-10-17-12-14/h7-8,10,12-13,15H,3-6,9,11H2,1-2H3. The van der Waals surface area contributed by atoms with Crippen LogP contribution in [0.15, 0.2) is 24.5 Å². The minimum Gasteiger partial charge on any atom is -0.335 e. The number of hydrogen-bond acceptors (Lipinski definition) is 2. The summed E-state index contributed by atoms with van der Waals surface area (Å²) in [6, 6.07) is 4.29. The van der Waals surface area contributed by atoms with Gasteiger partial charge in [-0.2, -0.15) is 0 Å². The van der Waals surface area contributed by atoms with Gasteiger partial charge in [-0.25, -0.2) is 0 Å². The van der Waals surface area contributed by atoms with Crippen LogP contribution in [0.25, 0.3) is 0 Å². The Kier molecular flexibility index (Phi) is 4.94. The first-order valence-electron chi connectivity index (χ1n) is 7.48. The van der Waals surface area contributed by atoms with Crippen molar-refractivity contribution in [2.75, 3.05) is 6.54 Å². The molecule has 1 aromatic heterocycles. The Bertz CT molecular complexity index is 400. The largest absolute Gasteiger partial charge is 0.335 e. The van der Waals surface area contributed by atoms with Crippen LogP contribution in [0.2, 0.25) is 0 Å². The Morgan fingerprint density at radius 2 is 2.21 bits per heavy atom. The Balaban J connectivity index is 2.19. The predicted octanol–water partition coefficient (Wildman–Crippen LogP) is 3.57. The highest BCUT2D eigenvalue weighted by atomic mass is 16.2. The lowest BCUT2D eigenvalue weighted by Gasteiger charge is -2.37. The number of nitrogens with zero attached hydrogens (tertiary/aromatic N) is 2. The summed E-state index contributed by atoms with van der Waals surface area (Å²) in [7, 11) is 0. The number of amides is 1. The Labute approximate surface area is 116 Å². The quantitative estimate of drug-likeness (QED) is 0.829. The molecular weight excluding hydrogens is 236 g/mol. The average molecular weight is 260 g/mol. The van der Waals surface area contributed by atoms with Gasteiger partial charge in [0.1, 0.15) is 0 Å². The van der Waals surface area contributed by atoms with Crippen LogP contribution in [0.4, 0.5) is 0 Å². The van der Waals surface area contributed by atoms with E-state index in [0.29, 0.717) is 5.91 Å². The van der Waals surface area contributed by atoms with Crippen molar-refractivity contribution in [3.05, 3.63) is 30.1 Å². The lowest BCUT2D eigenvalue weighted by molar-refractivity contribution is -0.139. The number of carbonyl (C=O) groups excluding carboxylic acids is 1. The minimum absolute atomic E-state index is 0.178. The fourth-order valence-corrected chi connectivity index (χ4v) is 2.99. The molecule has 3 heteroatoms. The summed E-state index contributed by atoms with van der Waals surface area (Å²) in [5.41, 5.74) is 1.18. The first kappa shape index (κ1) is 14.0. The van der Waals surface area contributed by atoms with Gasteiger partial charge < -0.3 is 4.90 Å². The molecule has 2 rings (SSSR count). The third-order valence-corrected chi connectivity index (χ3v) is 4.19. The first-order valence-corrected chi connectivity index (χ1v) is 7.48. The number of carbonyl (C=O) groups is 1. The molecule has 0 N–H and O–H groups in total. The van der Waals surface area contributed by atoms with E-state index in [-0.39, 0.29) is 12.0 Å². The van der Waals surface area contributed by atoms with Crippen molar-refractivity contribution in [1.82, 2.24) is 9.88 Å². The van der Waals surface area contributed by atoms with Gasteiger partial charge in [-0.3, -0.25) is 9.78 Å². The summed E-state index contributed by atoms with van der Waals surface area (Å²) in [6.45, 7) is 5.11. The van der Waals surface area contributed by atoms with Crippen LogP contribution in [0.3, 0.4) is 0 Å². The van der Waals surface area contributed by atoms with E-state index in [1.54, 1.807) is 6.20 Å². The maximum atomic E-state index is 12.6. The lowest BCUT2D eigenvalue weighted by Crippen LogP contribution is -2.41. The van der Waals surface area contributed by atoms with Gasteiger partial charge in [0.05, 0.1) is 6.04 Å². The van der Waals surface area contributed by atoms with E-state index in [1.807, 2.05) is 12.3 Å². The van der Waals surface area contributed by atoms with Gasteiger partial charge in [0.15, 0.2) is 0 Å². The van der Waals surface area contributed by atoms with Crippen molar-refractivity contribution in [1.29, 1.82) is 0 Å². The van der Waals surface area contributed by atoms with Crippen LogP contribution in [-0.2, 0) is 4.79 Å². The monoisotopic (exact) mass is 260 g/mol. The van der Waals surface area contributed by atoms with E-state index >= 15 is 0 Å². The van der Waals surface area contributed by atoms with Crippen LogP contribution in [0.1, 0.15) is 57.6 Å². The summed E-state index contributed by atoms with van der Waals surface area (Å²) in [6.07, 6.45) is 8.96. The predicted molar refractivity (Wildman–Crippen MR) is 76.6 cm³/mol. The lowest BCUT2D eigenvalue weighted by atomic mass is 9.93. The van der Waals surface area contributed by atoms with Crippen molar-refractivity contribution in [3.8, 4) is 0 Å². The molecule has 19 heavy (non-hydrogen) atoms. The third kappa shape index (κ3) is 3.14. The second kappa shape index (κ2) is 6.69. The zero-order valence-corrected chi connectivity index (χ0v) is 12.0. The molecule has 1 aromatic rings. The first-order chi connectivity index (χ1) is 9.27. The molecule has 1 unspecified atom stereocenters. The topological polar surface area (TPSA) is 33.2 Å². The molecule has 104 valence electrons. The van der Waals surface area contributed by atoms with E-state index < -0.39 is 0 Å². The molecule has 1 amide bonds. The summed E-state index contributed by atoms with van der Waals surface area (Å²) in [4.78, 5) is 18.9. The second-order valence-electron chi connectivity index (χ2n) is 5.34. The van der Waals surface area contributed by atoms with E-state index in [9.17, 15) is 4.79 Å². The molecule has 0 radical (unpaired) electrons. The van der Waals surface area contributed by atoms with Crippen LogP contribution < -0.4 is 0 Å². The second-order valence-corrected chi connectivity index (χ2v) is 5.34. The van der Waals surface area contributed by atoms with Crippen LogP contribution in [0.5, 0.6) is 0 Å². The van der Waals surface area contributed by atoms with Crippen molar-refractivity contribution in [2.45, 2.75) is 52.0 Å². The smallest absolute Gasteiger partial charge is 0.226 e. The molecular formula is C16H24N2O. The molecule has 1 fully saturated rings. The molecule has 0 aliphatic carbocycles. The van der Waals surface area contributed by atoms with Gasteiger partial charge in [-0.05, 0) is 43.7 Å². The molecule has 3 nitrogen and oxygen atoms in total. The number of pyridine rings is 1. The zero-order chi connectivity index (χ0) is 13.7. The van der Waals surface area contributed by atoms with Gasteiger partial charge in [0, 0.05) is 24.9 Å². The highest BCUT2D eigenvalue weighted by Gasteiger charge is 2.30. The van der Waals surface area contributed by atoms with Gasteiger partial charge >= 0.3 is 0 Å². The van der Waals surface area contributed by atoms with E-state index in [0.717, 1.165) is 32.2 Å². The Hall–Kier alpha value is -1.38. The number of rotatable bonds is 4. The third-order valence-electron chi connectivity index (χ3n) is 4.19. The summed E-state index contributed by atoms with van der Waals surface area (Å²) >= 11 is 0. The number of likely N-dealkylation sites (tertiary alicyclic amines) is 1. The number of piperidine rings is 1. The van der Waals surface area contributed by atoms with Crippen molar-refractivity contribution in [2.24, 2.45) is 5.92 Å². The number of aromatic nitrogens is 1. The molecule has 2 heterocycles. The Morgan fingerprint density at radius 1 is 1.42 bits per heavy atom. The van der Waals surface area contributed by atoms with E-state index in [4.69, 9.17) is 0 Å². The van der Waals surface area contributed by atoms with Crippen molar-refractivity contribution >= 4 is 5.91 Å². The molecule has 0 bridgehead atoms. The molecule has 0 aromatic carbocycles. The molecule has 1 aliphatic heterocycles. The van der Waals surface area contributed by atoms with Gasteiger partial charge in [-0.1, -0.05) is 19.9 Å². The molecule has 0 spiro atoms. The van der Waals surface area contributed by atoms with Crippen molar-refractivity contribution in [3.63, 3.8) is 0 Å². The highest BCUT2D eigenvalue weighted by molar-refractivity contribution is 5.79. The van der Waals surface area contributed by atoms with Crippen molar-refractivity contribution < 1.29 is 4.79 Å². The summed E-state index contributed by atoms with van der Waals surface area (Å²) in [5, 5.41) is 0.